The molecule has 1 rings (SSSR count). The molecule has 5 nitrogen and oxygen atoms in total. The molecule has 0 aromatic heterocycles. The molecule has 0 fully saturated rings. The highest BCUT2D eigenvalue weighted by Crippen LogP contribution is 2.24. The van der Waals surface area contributed by atoms with Crippen molar-refractivity contribution in [3.05, 3.63) is 23.8 Å². The van der Waals surface area contributed by atoms with E-state index >= 15 is 0 Å². The number of benzene rings is 1. The lowest BCUT2D eigenvalue weighted by molar-refractivity contribution is -0.124. The van der Waals surface area contributed by atoms with Crippen LogP contribution in [0.4, 0.5) is 0 Å². The summed E-state index contributed by atoms with van der Waals surface area (Å²) in [6.45, 7) is 5.92. The predicted octanol–water partition coefficient (Wildman–Crippen LogP) is 1.57. The van der Waals surface area contributed by atoms with Gasteiger partial charge in [-0.3, -0.25) is 4.79 Å². The van der Waals surface area contributed by atoms with Gasteiger partial charge in [-0.1, -0.05) is 13.8 Å². The quantitative estimate of drug-likeness (QED) is 0.759. The van der Waals surface area contributed by atoms with Gasteiger partial charge in [-0.2, -0.15) is 0 Å². The van der Waals surface area contributed by atoms with E-state index in [9.17, 15) is 4.79 Å². The number of hydrogen-bond donors (Lipinski definition) is 2. The van der Waals surface area contributed by atoms with Crippen molar-refractivity contribution in [2.24, 2.45) is 5.92 Å². The first-order chi connectivity index (χ1) is 9.62. The van der Waals surface area contributed by atoms with E-state index in [4.69, 9.17) is 9.47 Å². The highest BCUT2D eigenvalue weighted by Gasteiger charge is 2.13. The van der Waals surface area contributed by atoms with E-state index in [1.807, 2.05) is 32.0 Å². The summed E-state index contributed by atoms with van der Waals surface area (Å²) in [6.07, 6.45) is 0. The third-order valence-corrected chi connectivity index (χ3v) is 3.10. The summed E-state index contributed by atoms with van der Waals surface area (Å²) in [5, 5.41) is 6.08. The number of carbonyl (C=O) groups is 1. The summed E-state index contributed by atoms with van der Waals surface area (Å²) in [5.41, 5.74) is 0.928. The van der Waals surface area contributed by atoms with Crippen molar-refractivity contribution < 1.29 is 14.3 Å². The topological polar surface area (TPSA) is 59.6 Å². The molecule has 1 aromatic rings. The molecule has 0 spiro atoms. The van der Waals surface area contributed by atoms with E-state index in [2.05, 4.69) is 10.6 Å². The number of ether oxygens (including phenoxy) is 2. The molecule has 0 saturated carbocycles. The first-order valence-electron chi connectivity index (χ1n) is 6.81. The summed E-state index contributed by atoms with van der Waals surface area (Å²) in [5.74, 6) is 1.42. The summed E-state index contributed by atoms with van der Waals surface area (Å²) in [4.78, 5) is 11.9. The van der Waals surface area contributed by atoms with E-state index in [0.29, 0.717) is 18.8 Å². The molecule has 112 valence electrons. The Bertz CT molecular complexity index is 435. The van der Waals surface area contributed by atoms with Crippen molar-refractivity contribution >= 4 is 5.91 Å². The summed E-state index contributed by atoms with van der Waals surface area (Å²) >= 11 is 0. The minimum atomic E-state index is -0.0563. The van der Waals surface area contributed by atoms with Crippen LogP contribution in [0.2, 0.25) is 0 Å². The highest BCUT2D eigenvalue weighted by molar-refractivity contribution is 5.78. The molecule has 0 radical (unpaired) electrons. The number of hydrogen-bond acceptors (Lipinski definition) is 4. The zero-order valence-corrected chi connectivity index (χ0v) is 12.7. The molecule has 1 unspecified atom stereocenters. The minimum absolute atomic E-state index is 0.0313. The van der Waals surface area contributed by atoms with Gasteiger partial charge in [-0.15, -0.1) is 0 Å². The normalized spacial score (nSPS) is 11.8. The molecule has 1 aromatic carbocycles. The summed E-state index contributed by atoms with van der Waals surface area (Å²) in [6, 6.07) is 5.56. The lowest BCUT2D eigenvalue weighted by Crippen LogP contribution is -2.35. The molecule has 0 aliphatic heterocycles. The minimum Gasteiger partial charge on any atom is -0.497 e. The Morgan fingerprint density at radius 2 is 2.05 bits per heavy atom. The number of amides is 1. The van der Waals surface area contributed by atoms with E-state index in [1.165, 1.54) is 0 Å². The molecule has 0 heterocycles. The highest BCUT2D eigenvalue weighted by atomic mass is 16.5. The first kappa shape index (κ1) is 16.3. The second-order valence-electron chi connectivity index (χ2n) is 4.60. The average molecular weight is 280 g/mol. The molecular formula is C15H24N2O3. The van der Waals surface area contributed by atoms with Gasteiger partial charge in [0.2, 0.25) is 5.91 Å². The van der Waals surface area contributed by atoms with Crippen molar-refractivity contribution in [3.8, 4) is 11.5 Å². The van der Waals surface area contributed by atoms with Crippen LogP contribution in [0.5, 0.6) is 11.5 Å². The molecule has 0 aliphatic rings. The molecule has 5 heteroatoms. The molecule has 1 amide bonds. The van der Waals surface area contributed by atoms with Gasteiger partial charge in [0.1, 0.15) is 11.5 Å². The fraction of sp³-hybridized carbons (Fsp3) is 0.533. The maximum absolute atomic E-state index is 11.9. The Labute approximate surface area is 120 Å². The van der Waals surface area contributed by atoms with Crippen LogP contribution in [-0.2, 0) is 11.3 Å². The third kappa shape index (κ3) is 4.74. The van der Waals surface area contributed by atoms with E-state index in [-0.39, 0.29) is 11.8 Å². The van der Waals surface area contributed by atoms with Gasteiger partial charge in [-0.05, 0) is 18.7 Å². The zero-order chi connectivity index (χ0) is 15.0. The predicted molar refractivity (Wildman–Crippen MR) is 79.1 cm³/mol. The van der Waals surface area contributed by atoms with Gasteiger partial charge < -0.3 is 20.1 Å². The molecule has 0 aliphatic carbocycles. The Hall–Kier alpha value is -1.75. The summed E-state index contributed by atoms with van der Waals surface area (Å²) < 4.78 is 10.4. The van der Waals surface area contributed by atoms with Crippen LogP contribution >= 0.6 is 0 Å². The van der Waals surface area contributed by atoms with Crippen molar-refractivity contribution in [3.63, 3.8) is 0 Å². The van der Waals surface area contributed by atoms with Crippen molar-refractivity contribution in [1.82, 2.24) is 10.6 Å². The maximum atomic E-state index is 11.9. The second kappa shape index (κ2) is 8.43. The molecule has 0 bridgehead atoms. The lowest BCUT2D eigenvalue weighted by Gasteiger charge is -2.14. The average Bonchev–Trinajstić information content (AvgIpc) is 2.49. The van der Waals surface area contributed by atoms with E-state index in [0.717, 1.165) is 17.9 Å². The third-order valence-electron chi connectivity index (χ3n) is 3.10. The van der Waals surface area contributed by atoms with Crippen LogP contribution in [0.3, 0.4) is 0 Å². The van der Waals surface area contributed by atoms with E-state index in [1.54, 1.807) is 14.2 Å². The second-order valence-corrected chi connectivity index (χ2v) is 4.60. The van der Waals surface area contributed by atoms with Gasteiger partial charge in [0.15, 0.2) is 0 Å². The Balaban J connectivity index is 2.58. The van der Waals surface area contributed by atoms with Crippen LogP contribution in [-0.4, -0.2) is 33.2 Å². The molecule has 20 heavy (non-hydrogen) atoms. The molecule has 2 N–H and O–H groups in total. The monoisotopic (exact) mass is 280 g/mol. The smallest absolute Gasteiger partial charge is 0.224 e. The number of methoxy groups -OCH3 is 2. The fourth-order valence-electron chi connectivity index (χ4n) is 1.81. The Kier molecular flexibility index (Phi) is 6.87. The summed E-state index contributed by atoms with van der Waals surface area (Å²) in [7, 11) is 3.21. The Morgan fingerprint density at radius 1 is 1.30 bits per heavy atom. The van der Waals surface area contributed by atoms with Gasteiger partial charge in [0.25, 0.3) is 0 Å². The Morgan fingerprint density at radius 3 is 2.65 bits per heavy atom. The number of carbonyl (C=O) groups excluding carboxylic acids is 1. The van der Waals surface area contributed by atoms with Crippen LogP contribution in [0.1, 0.15) is 19.4 Å². The molecule has 1 atom stereocenters. The number of nitrogens with one attached hydrogen (secondary N) is 2. The van der Waals surface area contributed by atoms with Gasteiger partial charge in [0.05, 0.1) is 14.2 Å². The van der Waals surface area contributed by atoms with Gasteiger partial charge >= 0.3 is 0 Å². The fourth-order valence-corrected chi connectivity index (χ4v) is 1.81. The maximum Gasteiger partial charge on any atom is 0.224 e. The zero-order valence-electron chi connectivity index (χ0n) is 12.7. The molecule has 0 saturated heterocycles. The standard InChI is InChI=1S/C15H24N2O3/c1-5-16-9-11(2)15(18)17-10-12-6-7-13(19-3)8-14(12)20-4/h6-8,11,16H,5,9-10H2,1-4H3,(H,17,18). The number of rotatable bonds is 8. The van der Waals surface area contributed by atoms with Gasteiger partial charge in [-0.25, -0.2) is 0 Å². The largest absolute Gasteiger partial charge is 0.497 e. The van der Waals surface area contributed by atoms with Crippen molar-refractivity contribution in [2.45, 2.75) is 20.4 Å². The van der Waals surface area contributed by atoms with Crippen LogP contribution in [0, 0.1) is 5.92 Å². The van der Waals surface area contributed by atoms with Crippen LogP contribution in [0.25, 0.3) is 0 Å². The van der Waals surface area contributed by atoms with Crippen LogP contribution < -0.4 is 20.1 Å². The molecular weight excluding hydrogens is 256 g/mol. The SMILES string of the molecule is CCNCC(C)C(=O)NCc1ccc(OC)cc1OC. The van der Waals surface area contributed by atoms with E-state index < -0.39 is 0 Å². The lowest BCUT2D eigenvalue weighted by atomic mass is 10.1. The van der Waals surface area contributed by atoms with Gasteiger partial charge in [0, 0.05) is 30.6 Å². The van der Waals surface area contributed by atoms with Crippen molar-refractivity contribution in [1.29, 1.82) is 0 Å². The van der Waals surface area contributed by atoms with Crippen molar-refractivity contribution in [2.75, 3.05) is 27.3 Å². The van der Waals surface area contributed by atoms with Crippen LogP contribution in [0.15, 0.2) is 18.2 Å². The first-order valence-corrected chi connectivity index (χ1v) is 6.81.